The number of benzene rings is 2. The number of amides is 1. The molecule has 0 unspecified atom stereocenters. The molecule has 32 heavy (non-hydrogen) atoms. The van der Waals surface area contributed by atoms with Gasteiger partial charge in [0.15, 0.2) is 11.5 Å². The maximum Gasteiger partial charge on any atom is 0.265 e. The minimum absolute atomic E-state index is 0.212. The van der Waals surface area contributed by atoms with Gasteiger partial charge < -0.3 is 19.5 Å². The van der Waals surface area contributed by atoms with Crippen molar-refractivity contribution in [2.45, 2.75) is 13.2 Å². The highest BCUT2D eigenvalue weighted by Crippen LogP contribution is 2.35. The minimum Gasteiger partial charge on any atom is -0.489 e. The zero-order chi connectivity index (χ0) is 21.9. The zero-order valence-electron chi connectivity index (χ0n) is 16.8. The molecular weight excluding hydrogens is 433 g/mol. The molecule has 9 heteroatoms. The van der Waals surface area contributed by atoms with E-state index in [2.05, 4.69) is 10.4 Å². The van der Waals surface area contributed by atoms with Gasteiger partial charge in [-0.3, -0.25) is 9.48 Å². The van der Waals surface area contributed by atoms with Gasteiger partial charge in [-0.25, -0.2) is 4.39 Å². The number of carbonyl (C=O) groups excluding carboxylic acids is 1. The molecule has 0 aliphatic carbocycles. The van der Waals surface area contributed by atoms with Gasteiger partial charge in [0, 0.05) is 23.4 Å². The molecule has 0 saturated carbocycles. The molecule has 5 rings (SSSR count). The molecule has 1 amide bonds. The summed E-state index contributed by atoms with van der Waals surface area (Å²) in [5.41, 5.74) is 1.95. The molecule has 0 saturated heterocycles. The van der Waals surface area contributed by atoms with E-state index in [9.17, 15) is 9.18 Å². The van der Waals surface area contributed by atoms with Crippen molar-refractivity contribution in [2.24, 2.45) is 0 Å². The molecule has 1 aliphatic rings. The minimum atomic E-state index is -0.289. The van der Waals surface area contributed by atoms with Crippen LogP contribution in [-0.4, -0.2) is 22.5 Å². The summed E-state index contributed by atoms with van der Waals surface area (Å²) in [7, 11) is 0. The SMILES string of the molecule is O=C(Nc1cnn(Cc2ccccc2F)c1)c1cc(COc2ccc3c(c2)OCO3)cs1. The van der Waals surface area contributed by atoms with Crippen molar-refractivity contribution >= 4 is 22.9 Å². The fourth-order valence-electron chi connectivity index (χ4n) is 3.21. The number of rotatable bonds is 7. The Kier molecular flexibility index (Phi) is 5.47. The molecule has 0 fully saturated rings. The molecule has 0 atom stereocenters. The third kappa shape index (κ3) is 4.42. The molecule has 0 radical (unpaired) electrons. The van der Waals surface area contributed by atoms with Gasteiger partial charge in [0.2, 0.25) is 6.79 Å². The lowest BCUT2D eigenvalue weighted by Gasteiger charge is -2.05. The van der Waals surface area contributed by atoms with Crippen molar-refractivity contribution in [3.8, 4) is 17.2 Å². The van der Waals surface area contributed by atoms with Crippen LogP contribution in [0.5, 0.6) is 17.2 Å². The lowest BCUT2D eigenvalue weighted by Crippen LogP contribution is -2.09. The van der Waals surface area contributed by atoms with E-state index >= 15 is 0 Å². The summed E-state index contributed by atoms with van der Waals surface area (Å²) >= 11 is 1.33. The summed E-state index contributed by atoms with van der Waals surface area (Å²) in [6.45, 7) is 0.816. The number of anilines is 1. The maximum atomic E-state index is 13.8. The topological polar surface area (TPSA) is 74.6 Å². The molecule has 3 heterocycles. The highest BCUT2D eigenvalue weighted by Gasteiger charge is 2.15. The second-order valence-corrected chi connectivity index (χ2v) is 8.01. The second kappa shape index (κ2) is 8.72. The third-order valence-corrected chi connectivity index (χ3v) is 5.79. The number of carbonyl (C=O) groups is 1. The van der Waals surface area contributed by atoms with Crippen LogP contribution in [0.4, 0.5) is 10.1 Å². The predicted molar refractivity (Wildman–Crippen MR) is 117 cm³/mol. The Morgan fingerprint density at radius 2 is 2.06 bits per heavy atom. The average molecular weight is 451 g/mol. The molecule has 0 bridgehead atoms. The monoisotopic (exact) mass is 451 g/mol. The van der Waals surface area contributed by atoms with Crippen LogP contribution in [0.2, 0.25) is 0 Å². The van der Waals surface area contributed by atoms with Gasteiger partial charge in [-0.2, -0.15) is 5.10 Å². The van der Waals surface area contributed by atoms with Crippen molar-refractivity contribution in [3.63, 3.8) is 0 Å². The Morgan fingerprint density at radius 3 is 2.97 bits per heavy atom. The quantitative estimate of drug-likeness (QED) is 0.441. The highest BCUT2D eigenvalue weighted by atomic mass is 32.1. The first-order valence-electron chi connectivity index (χ1n) is 9.81. The largest absolute Gasteiger partial charge is 0.489 e. The number of fused-ring (bicyclic) bond motifs is 1. The van der Waals surface area contributed by atoms with E-state index in [0.29, 0.717) is 40.0 Å². The molecule has 2 aromatic heterocycles. The van der Waals surface area contributed by atoms with E-state index in [1.807, 2.05) is 11.4 Å². The molecular formula is C23H18FN3O4S. The lowest BCUT2D eigenvalue weighted by atomic mass is 10.2. The van der Waals surface area contributed by atoms with Gasteiger partial charge >= 0.3 is 0 Å². The zero-order valence-corrected chi connectivity index (χ0v) is 17.6. The smallest absolute Gasteiger partial charge is 0.265 e. The van der Waals surface area contributed by atoms with Crippen LogP contribution in [-0.2, 0) is 13.2 Å². The summed E-state index contributed by atoms with van der Waals surface area (Å²) < 4.78 is 31.8. The lowest BCUT2D eigenvalue weighted by molar-refractivity contribution is 0.103. The number of aromatic nitrogens is 2. The molecule has 162 valence electrons. The van der Waals surface area contributed by atoms with Crippen LogP contribution in [0, 0.1) is 5.82 Å². The first kappa shape index (κ1) is 20.1. The molecule has 1 N–H and O–H groups in total. The highest BCUT2D eigenvalue weighted by molar-refractivity contribution is 7.12. The second-order valence-electron chi connectivity index (χ2n) is 7.10. The molecule has 1 aliphatic heterocycles. The summed E-state index contributed by atoms with van der Waals surface area (Å²) in [4.78, 5) is 13.1. The summed E-state index contributed by atoms with van der Waals surface area (Å²) in [6.07, 6.45) is 3.21. The van der Waals surface area contributed by atoms with Crippen molar-refractivity contribution in [2.75, 3.05) is 12.1 Å². The van der Waals surface area contributed by atoms with Gasteiger partial charge in [-0.15, -0.1) is 11.3 Å². The molecule has 4 aromatic rings. The average Bonchev–Trinajstić information content (AvgIpc) is 3.54. The summed E-state index contributed by atoms with van der Waals surface area (Å²) in [5.74, 6) is 1.48. The van der Waals surface area contributed by atoms with Crippen molar-refractivity contribution in [1.29, 1.82) is 0 Å². The number of nitrogens with zero attached hydrogens (tertiary/aromatic N) is 2. The molecule has 7 nitrogen and oxygen atoms in total. The summed E-state index contributed by atoms with van der Waals surface area (Å²) in [5, 5.41) is 8.89. The van der Waals surface area contributed by atoms with Crippen LogP contribution in [0.25, 0.3) is 0 Å². The van der Waals surface area contributed by atoms with Gasteiger partial charge in [0.1, 0.15) is 18.2 Å². The van der Waals surface area contributed by atoms with E-state index in [0.717, 1.165) is 5.56 Å². The van der Waals surface area contributed by atoms with Gasteiger partial charge in [0.25, 0.3) is 5.91 Å². The van der Waals surface area contributed by atoms with Gasteiger partial charge in [-0.05, 0) is 29.6 Å². The summed E-state index contributed by atoms with van der Waals surface area (Å²) in [6, 6.07) is 13.7. The third-order valence-electron chi connectivity index (χ3n) is 4.81. The van der Waals surface area contributed by atoms with E-state index in [-0.39, 0.29) is 25.1 Å². The molecule has 2 aromatic carbocycles. The standard InChI is InChI=1S/C23H18FN3O4S/c24-19-4-2-1-3-16(19)10-27-11-17(9-25-27)26-23(28)22-7-15(13-32-22)12-29-18-5-6-20-21(8-18)31-14-30-20/h1-9,11,13H,10,12,14H2,(H,26,28). The number of thiophene rings is 1. The fraction of sp³-hybridized carbons (Fsp3) is 0.130. The molecule has 0 spiro atoms. The van der Waals surface area contributed by atoms with Crippen LogP contribution < -0.4 is 19.5 Å². The number of nitrogens with one attached hydrogen (secondary N) is 1. The Labute approximate surface area is 187 Å². The van der Waals surface area contributed by atoms with Crippen molar-refractivity contribution < 1.29 is 23.4 Å². The van der Waals surface area contributed by atoms with E-state index in [4.69, 9.17) is 14.2 Å². The Bertz CT molecular complexity index is 1270. The number of ether oxygens (including phenoxy) is 3. The van der Waals surface area contributed by atoms with Crippen molar-refractivity contribution in [3.05, 3.63) is 88.1 Å². The van der Waals surface area contributed by atoms with Crippen molar-refractivity contribution in [1.82, 2.24) is 9.78 Å². The van der Waals surface area contributed by atoms with Crippen LogP contribution in [0.1, 0.15) is 20.8 Å². The first-order valence-corrected chi connectivity index (χ1v) is 10.7. The first-order chi connectivity index (χ1) is 15.6. The van der Waals surface area contributed by atoms with E-state index in [1.165, 1.54) is 23.6 Å². The fourth-order valence-corrected chi connectivity index (χ4v) is 4.00. The maximum absolute atomic E-state index is 13.8. The normalized spacial score (nSPS) is 12.0. The van der Waals surface area contributed by atoms with E-state index in [1.54, 1.807) is 47.3 Å². The predicted octanol–water partition coefficient (Wildman–Crippen LogP) is 4.69. The van der Waals surface area contributed by atoms with Gasteiger partial charge in [0.05, 0.1) is 23.3 Å². The van der Waals surface area contributed by atoms with Gasteiger partial charge in [-0.1, -0.05) is 18.2 Å². The van der Waals surface area contributed by atoms with Crippen LogP contribution >= 0.6 is 11.3 Å². The van der Waals surface area contributed by atoms with Crippen LogP contribution in [0.15, 0.2) is 66.3 Å². The number of hydrogen-bond acceptors (Lipinski definition) is 6. The Morgan fingerprint density at radius 1 is 1.19 bits per heavy atom. The van der Waals surface area contributed by atoms with E-state index < -0.39 is 0 Å². The Balaban J connectivity index is 1.17. The number of hydrogen-bond donors (Lipinski definition) is 1. The number of halogens is 1. The Hall–Kier alpha value is -3.85. The van der Waals surface area contributed by atoms with Crippen LogP contribution in [0.3, 0.4) is 0 Å².